The van der Waals surface area contributed by atoms with Crippen LogP contribution in [0.1, 0.15) is 56.8 Å². The molecule has 0 atom stereocenters. The van der Waals surface area contributed by atoms with Crippen molar-refractivity contribution in [1.29, 1.82) is 0 Å². The Bertz CT molecular complexity index is 1230. The molecule has 7 heteroatoms. The van der Waals surface area contributed by atoms with Crippen LogP contribution in [-0.4, -0.2) is 35.3 Å². The molecule has 0 unspecified atom stereocenters. The molecule has 7 nitrogen and oxygen atoms in total. The highest BCUT2D eigenvalue weighted by Gasteiger charge is 2.18. The number of carbonyl (C=O) groups excluding carboxylic acids is 2. The molecule has 0 radical (unpaired) electrons. The maximum absolute atomic E-state index is 13.1. The van der Waals surface area contributed by atoms with E-state index in [9.17, 15) is 14.4 Å². The summed E-state index contributed by atoms with van der Waals surface area (Å²) in [6, 6.07) is 12.6. The van der Waals surface area contributed by atoms with Crippen molar-refractivity contribution in [3.8, 4) is 11.3 Å². The van der Waals surface area contributed by atoms with Crippen molar-refractivity contribution in [1.82, 2.24) is 15.3 Å². The van der Waals surface area contributed by atoms with Gasteiger partial charge in [-0.25, -0.2) is 4.98 Å². The van der Waals surface area contributed by atoms with Crippen molar-refractivity contribution < 1.29 is 9.59 Å². The first-order chi connectivity index (χ1) is 15.9. The zero-order chi connectivity index (χ0) is 23.4. The molecular formula is C26H28N4O3. The Morgan fingerprint density at radius 1 is 1.09 bits per heavy atom. The SMILES string of the molecule is Cc1cc(C)c(CNC(=O)c2cc(-c3ccc(C=O)cc3)nc(N3CCCCC3)c2)c(=O)[nH]1. The van der Waals surface area contributed by atoms with Crippen molar-refractivity contribution in [3.63, 3.8) is 0 Å². The van der Waals surface area contributed by atoms with E-state index in [2.05, 4.69) is 15.2 Å². The Morgan fingerprint density at radius 3 is 2.48 bits per heavy atom. The molecule has 0 saturated carbocycles. The minimum Gasteiger partial charge on any atom is -0.357 e. The maximum atomic E-state index is 13.1. The largest absolute Gasteiger partial charge is 0.357 e. The highest BCUT2D eigenvalue weighted by molar-refractivity contribution is 5.96. The average Bonchev–Trinajstić information content (AvgIpc) is 2.83. The Morgan fingerprint density at radius 2 is 1.82 bits per heavy atom. The predicted molar refractivity (Wildman–Crippen MR) is 129 cm³/mol. The number of aldehydes is 1. The number of aromatic amines is 1. The van der Waals surface area contributed by atoms with Crippen LogP contribution in [0.15, 0.2) is 47.3 Å². The van der Waals surface area contributed by atoms with E-state index in [1.165, 1.54) is 6.42 Å². The van der Waals surface area contributed by atoms with Gasteiger partial charge in [0.2, 0.25) is 0 Å². The second kappa shape index (κ2) is 9.81. The summed E-state index contributed by atoms with van der Waals surface area (Å²) in [5.41, 5.74) is 4.57. The summed E-state index contributed by atoms with van der Waals surface area (Å²) in [5, 5.41) is 2.89. The van der Waals surface area contributed by atoms with Gasteiger partial charge in [-0.3, -0.25) is 14.4 Å². The molecule has 1 saturated heterocycles. The zero-order valence-corrected chi connectivity index (χ0v) is 19.0. The van der Waals surface area contributed by atoms with Gasteiger partial charge in [-0.2, -0.15) is 0 Å². The quantitative estimate of drug-likeness (QED) is 0.564. The van der Waals surface area contributed by atoms with Crippen molar-refractivity contribution in [3.05, 3.63) is 80.8 Å². The third-order valence-corrected chi connectivity index (χ3v) is 6.02. The smallest absolute Gasteiger partial charge is 0.253 e. The lowest BCUT2D eigenvalue weighted by Gasteiger charge is -2.28. The maximum Gasteiger partial charge on any atom is 0.253 e. The van der Waals surface area contributed by atoms with Crippen molar-refractivity contribution in [2.75, 3.05) is 18.0 Å². The first-order valence-corrected chi connectivity index (χ1v) is 11.2. The number of hydrogen-bond acceptors (Lipinski definition) is 5. The fraction of sp³-hybridized carbons (Fsp3) is 0.308. The van der Waals surface area contributed by atoms with Gasteiger partial charge in [0, 0.05) is 47.6 Å². The van der Waals surface area contributed by atoms with Crippen LogP contribution in [0.2, 0.25) is 0 Å². The molecule has 3 heterocycles. The molecule has 2 aromatic heterocycles. The fourth-order valence-electron chi connectivity index (χ4n) is 4.18. The Kier molecular flexibility index (Phi) is 6.68. The lowest BCUT2D eigenvalue weighted by atomic mass is 10.1. The molecule has 0 bridgehead atoms. The molecule has 0 aliphatic carbocycles. The minimum atomic E-state index is -0.263. The lowest BCUT2D eigenvalue weighted by Crippen LogP contribution is -2.31. The second-order valence-electron chi connectivity index (χ2n) is 8.51. The van der Waals surface area contributed by atoms with Crippen LogP contribution in [0.5, 0.6) is 0 Å². The number of benzene rings is 1. The van der Waals surface area contributed by atoms with Gasteiger partial charge in [0.25, 0.3) is 11.5 Å². The number of hydrogen-bond donors (Lipinski definition) is 2. The van der Waals surface area contributed by atoms with Gasteiger partial charge < -0.3 is 15.2 Å². The number of pyridine rings is 2. The molecule has 3 aromatic rings. The van der Waals surface area contributed by atoms with Crippen molar-refractivity contribution in [2.24, 2.45) is 0 Å². The molecule has 1 fully saturated rings. The number of anilines is 1. The van der Waals surface area contributed by atoms with E-state index in [1.54, 1.807) is 18.2 Å². The highest BCUT2D eigenvalue weighted by Crippen LogP contribution is 2.25. The molecule has 0 spiro atoms. The summed E-state index contributed by atoms with van der Waals surface area (Å²) in [7, 11) is 0. The predicted octanol–water partition coefficient (Wildman–Crippen LogP) is 3.79. The Balaban J connectivity index is 1.64. The standard InChI is InChI=1S/C26H28N4O3/c1-17-12-18(2)28-26(33)22(17)15-27-25(32)21-13-23(20-8-6-19(16-31)7-9-20)29-24(14-21)30-10-4-3-5-11-30/h6-9,12-14,16H,3-5,10-11,15H2,1-2H3,(H,27,32)(H,28,33). The van der Waals surface area contributed by atoms with E-state index >= 15 is 0 Å². The minimum absolute atomic E-state index is 0.144. The molecule has 33 heavy (non-hydrogen) atoms. The number of rotatable bonds is 6. The number of piperidine rings is 1. The van der Waals surface area contributed by atoms with Crippen LogP contribution in [0, 0.1) is 13.8 Å². The van der Waals surface area contributed by atoms with E-state index in [0.717, 1.165) is 54.9 Å². The van der Waals surface area contributed by atoms with Gasteiger partial charge in [-0.15, -0.1) is 0 Å². The summed E-state index contributed by atoms with van der Waals surface area (Å²) in [5.74, 6) is 0.502. The Labute approximate surface area is 192 Å². The van der Waals surface area contributed by atoms with Crippen LogP contribution in [-0.2, 0) is 6.54 Å². The van der Waals surface area contributed by atoms with E-state index in [4.69, 9.17) is 4.98 Å². The summed E-state index contributed by atoms with van der Waals surface area (Å²) >= 11 is 0. The monoisotopic (exact) mass is 444 g/mol. The summed E-state index contributed by atoms with van der Waals surface area (Å²) in [4.78, 5) is 46.3. The normalized spacial score (nSPS) is 13.6. The van der Waals surface area contributed by atoms with Gasteiger partial charge in [0.1, 0.15) is 12.1 Å². The number of nitrogens with zero attached hydrogens (tertiary/aromatic N) is 2. The van der Waals surface area contributed by atoms with E-state index < -0.39 is 0 Å². The third-order valence-electron chi connectivity index (χ3n) is 6.02. The van der Waals surface area contributed by atoms with Crippen molar-refractivity contribution in [2.45, 2.75) is 39.7 Å². The molecule has 1 aliphatic rings. The van der Waals surface area contributed by atoms with Gasteiger partial charge >= 0.3 is 0 Å². The molecule has 2 N–H and O–H groups in total. The van der Waals surface area contributed by atoms with E-state index in [-0.39, 0.29) is 18.0 Å². The summed E-state index contributed by atoms with van der Waals surface area (Å²) < 4.78 is 0. The van der Waals surface area contributed by atoms with Crippen LogP contribution in [0.25, 0.3) is 11.3 Å². The van der Waals surface area contributed by atoms with Gasteiger partial charge in [0.15, 0.2) is 0 Å². The zero-order valence-electron chi connectivity index (χ0n) is 19.0. The van der Waals surface area contributed by atoms with E-state index in [1.807, 2.05) is 38.1 Å². The molecular weight excluding hydrogens is 416 g/mol. The van der Waals surface area contributed by atoms with Crippen LogP contribution < -0.4 is 15.8 Å². The van der Waals surface area contributed by atoms with Gasteiger partial charge in [0.05, 0.1) is 5.69 Å². The molecule has 170 valence electrons. The van der Waals surface area contributed by atoms with Crippen LogP contribution in [0.3, 0.4) is 0 Å². The number of aromatic nitrogens is 2. The number of nitrogens with one attached hydrogen (secondary N) is 2. The molecule has 4 rings (SSSR count). The third kappa shape index (κ3) is 5.19. The average molecular weight is 445 g/mol. The van der Waals surface area contributed by atoms with E-state index in [0.29, 0.717) is 22.4 Å². The molecule has 1 amide bonds. The number of carbonyl (C=O) groups is 2. The van der Waals surface area contributed by atoms with Crippen LogP contribution in [0.4, 0.5) is 5.82 Å². The second-order valence-corrected chi connectivity index (χ2v) is 8.51. The fourth-order valence-corrected chi connectivity index (χ4v) is 4.18. The first-order valence-electron chi connectivity index (χ1n) is 11.2. The highest BCUT2D eigenvalue weighted by atomic mass is 16.2. The Hall–Kier alpha value is -3.74. The van der Waals surface area contributed by atoms with Crippen molar-refractivity contribution >= 4 is 18.0 Å². The molecule has 1 aromatic carbocycles. The topological polar surface area (TPSA) is 95.2 Å². The lowest BCUT2D eigenvalue weighted by molar-refractivity contribution is 0.0950. The van der Waals surface area contributed by atoms with Gasteiger partial charge in [-0.05, 0) is 56.9 Å². The number of H-pyrrole nitrogens is 1. The first kappa shape index (κ1) is 22.5. The molecule has 1 aliphatic heterocycles. The summed E-state index contributed by atoms with van der Waals surface area (Å²) in [6.45, 7) is 5.65. The number of amides is 1. The summed E-state index contributed by atoms with van der Waals surface area (Å²) in [6.07, 6.45) is 4.18. The van der Waals surface area contributed by atoms with Gasteiger partial charge in [-0.1, -0.05) is 24.3 Å². The number of aryl methyl sites for hydroxylation is 2. The van der Waals surface area contributed by atoms with Crippen LogP contribution >= 0.6 is 0 Å².